The maximum atomic E-state index is 11.1. The van der Waals surface area contributed by atoms with Crippen molar-refractivity contribution < 1.29 is 9.90 Å². The van der Waals surface area contributed by atoms with Gasteiger partial charge in [-0.05, 0) is 12.1 Å². The largest absolute Gasteiger partial charge is 0.478 e. The zero-order valence-corrected chi connectivity index (χ0v) is 10.4. The van der Waals surface area contributed by atoms with Crippen LogP contribution in [0.15, 0.2) is 36.7 Å². The van der Waals surface area contributed by atoms with Gasteiger partial charge in [-0.15, -0.1) is 0 Å². The number of rotatable bonds is 4. The Morgan fingerprint density at radius 2 is 2.17 bits per heavy atom. The Hall–Kier alpha value is -2.30. The predicted molar refractivity (Wildman–Crippen MR) is 68.7 cm³/mol. The van der Waals surface area contributed by atoms with Crippen molar-refractivity contribution in [3.05, 3.63) is 48.0 Å². The summed E-state index contributed by atoms with van der Waals surface area (Å²) in [5, 5.41) is 9.15. The Morgan fingerprint density at radius 3 is 2.78 bits per heavy atom. The van der Waals surface area contributed by atoms with Crippen molar-refractivity contribution in [2.24, 2.45) is 7.05 Å². The lowest BCUT2D eigenvalue weighted by Crippen LogP contribution is -2.21. The zero-order valence-electron chi connectivity index (χ0n) is 10.4. The van der Waals surface area contributed by atoms with Gasteiger partial charge in [-0.2, -0.15) is 0 Å². The molecular formula is C13H15N3O2. The second-order valence-electron chi connectivity index (χ2n) is 4.13. The first-order valence-electron chi connectivity index (χ1n) is 5.59. The van der Waals surface area contributed by atoms with Crippen LogP contribution in [-0.2, 0) is 13.6 Å². The van der Waals surface area contributed by atoms with E-state index < -0.39 is 5.97 Å². The number of anilines is 1. The number of nitrogens with zero attached hydrogens (tertiary/aromatic N) is 3. The normalized spacial score (nSPS) is 10.3. The first kappa shape index (κ1) is 12.2. The third-order valence-corrected chi connectivity index (χ3v) is 2.85. The number of carboxylic acid groups (broad SMARTS) is 1. The molecule has 0 saturated heterocycles. The van der Waals surface area contributed by atoms with E-state index in [4.69, 9.17) is 5.11 Å². The molecule has 0 spiro atoms. The van der Waals surface area contributed by atoms with Gasteiger partial charge in [0.1, 0.15) is 5.82 Å². The number of benzene rings is 1. The molecule has 0 aliphatic rings. The van der Waals surface area contributed by atoms with Crippen molar-refractivity contribution in [1.82, 2.24) is 9.55 Å². The smallest absolute Gasteiger partial charge is 0.337 e. The highest BCUT2D eigenvalue weighted by molar-refractivity contribution is 5.94. The Morgan fingerprint density at radius 1 is 1.44 bits per heavy atom. The molecule has 94 valence electrons. The molecule has 1 aromatic carbocycles. The molecule has 18 heavy (non-hydrogen) atoms. The molecule has 0 atom stereocenters. The number of para-hydroxylation sites is 1. The molecule has 0 radical (unpaired) electrons. The van der Waals surface area contributed by atoms with Gasteiger partial charge >= 0.3 is 5.97 Å². The van der Waals surface area contributed by atoms with Crippen molar-refractivity contribution in [3.8, 4) is 0 Å². The fourth-order valence-electron chi connectivity index (χ4n) is 1.83. The van der Waals surface area contributed by atoms with E-state index in [0.717, 1.165) is 5.82 Å². The third-order valence-electron chi connectivity index (χ3n) is 2.85. The zero-order chi connectivity index (χ0) is 13.1. The summed E-state index contributed by atoms with van der Waals surface area (Å²) in [4.78, 5) is 17.3. The Kier molecular flexibility index (Phi) is 3.32. The molecule has 5 heteroatoms. The summed E-state index contributed by atoms with van der Waals surface area (Å²) >= 11 is 0. The Balaban J connectivity index is 2.26. The molecule has 2 aromatic rings. The van der Waals surface area contributed by atoms with E-state index in [2.05, 4.69) is 4.98 Å². The number of imidazole rings is 1. The van der Waals surface area contributed by atoms with Crippen LogP contribution in [0.1, 0.15) is 16.2 Å². The molecule has 0 amide bonds. The van der Waals surface area contributed by atoms with E-state index >= 15 is 0 Å². The van der Waals surface area contributed by atoms with E-state index in [-0.39, 0.29) is 0 Å². The third kappa shape index (κ3) is 2.34. The lowest BCUT2D eigenvalue weighted by atomic mass is 10.1. The molecule has 0 aliphatic heterocycles. The summed E-state index contributed by atoms with van der Waals surface area (Å²) in [7, 11) is 3.77. The van der Waals surface area contributed by atoms with Gasteiger partial charge < -0.3 is 14.6 Å². The minimum atomic E-state index is -0.919. The summed E-state index contributed by atoms with van der Waals surface area (Å²) in [5.41, 5.74) is 0.988. The molecule has 0 bridgehead atoms. The number of carbonyl (C=O) groups is 1. The molecule has 0 saturated carbocycles. The standard InChI is InChI=1S/C13H15N3O2/c1-15-8-7-14-12(15)9-16(2)11-6-4-3-5-10(11)13(17)18/h3-8H,9H2,1-2H3,(H,17,18). The highest BCUT2D eigenvalue weighted by Crippen LogP contribution is 2.20. The maximum Gasteiger partial charge on any atom is 0.337 e. The minimum absolute atomic E-state index is 0.300. The second-order valence-corrected chi connectivity index (χ2v) is 4.13. The van der Waals surface area contributed by atoms with Gasteiger partial charge in [-0.1, -0.05) is 12.1 Å². The maximum absolute atomic E-state index is 11.1. The second kappa shape index (κ2) is 4.91. The van der Waals surface area contributed by atoms with E-state index in [9.17, 15) is 4.79 Å². The van der Waals surface area contributed by atoms with Crippen molar-refractivity contribution >= 4 is 11.7 Å². The summed E-state index contributed by atoms with van der Waals surface area (Å²) in [5.74, 6) is -0.0324. The van der Waals surface area contributed by atoms with Crippen LogP contribution in [-0.4, -0.2) is 27.7 Å². The van der Waals surface area contributed by atoms with Crippen LogP contribution in [0.25, 0.3) is 0 Å². The SMILES string of the molecule is CN(Cc1nccn1C)c1ccccc1C(=O)O. The number of hydrogen-bond donors (Lipinski definition) is 1. The van der Waals surface area contributed by atoms with Gasteiger partial charge in [-0.25, -0.2) is 9.78 Å². The topological polar surface area (TPSA) is 58.4 Å². The molecule has 0 fully saturated rings. The lowest BCUT2D eigenvalue weighted by Gasteiger charge is -2.20. The average molecular weight is 245 g/mol. The monoisotopic (exact) mass is 245 g/mol. The van der Waals surface area contributed by atoms with Crippen LogP contribution in [0, 0.1) is 0 Å². The van der Waals surface area contributed by atoms with E-state index in [1.165, 1.54) is 0 Å². The highest BCUT2D eigenvalue weighted by atomic mass is 16.4. The quantitative estimate of drug-likeness (QED) is 0.891. The van der Waals surface area contributed by atoms with Crippen LogP contribution in [0.3, 0.4) is 0 Å². The summed E-state index contributed by atoms with van der Waals surface area (Å²) in [6.45, 7) is 0.563. The fourth-order valence-corrected chi connectivity index (χ4v) is 1.83. The average Bonchev–Trinajstić information content (AvgIpc) is 2.75. The van der Waals surface area contributed by atoms with Crippen LogP contribution >= 0.6 is 0 Å². The van der Waals surface area contributed by atoms with Gasteiger partial charge in [-0.3, -0.25) is 0 Å². The van der Waals surface area contributed by atoms with Crippen LogP contribution in [0.4, 0.5) is 5.69 Å². The molecule has 1 aromatic heterocycles. The first-order valence-corrected chi connectivity index (χ1v) is 5.59. The molecule has 1 N–H and O–H groups in total. The number of aromatic carboxylic acids is 1. The Labute approximate surface area is 105 Å². The molecule has 2 rings (SSSR count). The van der Waals surface area contributed by atoms with Gasteiger partial charge in [0, 0.05) is 26.5 Å². The lowest BCUT2D eigenvalue weighted by molar-refractivity contribution is 0.0697. The fraction of sp³-hybridized carbons (Fsp3) is 0.231. The van der Waals surface area contributed by atoms with Gasteiger partial charge in [0.15, 0.2) is 0 Å². The van der Waals surface area contributed by atoms with E-state index in [1.807, 2.05) is 35.8 Å². The number of carboxylic acids is 1. The van der Waals surface area contributed by atoms with Crippen molar-refractivity contribution in [2.45, 2.75) is 6.54 Å². The van der Waals surface area contributed by atoms with E-state index in [1.54, 1.807) is 24.4 Å². The van der Waals surface area contributed by atoms with Crippen LogP contribution < -0.4 is 4.90 Å². The number of hydrogen-bond acceptors (Lipinski definition) is 3. The Bertz CT molecular complexity index is 563. The van der Waals surface area contributed by atoms with Crippen LogP contribution in [0.5, 0.6) is 0 Å². The summed E-state index contributed by atoms with van der Waals surface area (Å²) in [6.07, 6.45) is 3.60. The van der Waals surface area contributed by atoms with Gasteiger partial charge in [0.05, 0.1) is 17.8 Å². The number of aryl methyl sites for hydroxylation is 1. The van der Waals surface area contributed by atoms with Crippen molar-refractivity contribution in [2.75, 3.05) is 11.9 Å². The highest BCUT2D eigenvalue weighted by Gasteiger charge is 2.13. The van der Waals surface area contributed by atoms with Crippen molar-refractivity contribution in [3.63, 3.8) is 0 Å². The molecule has 0 aliphatic carbocycles. The first-order chi connectivity index (χ1) is 8.59. The minimum Gasteiger partial charge on any atom is -0.478 e. The number of aromatic nitrogens is 2. The van der Waals surface area contributed by atoms with Gasteiger partial charge in [0.2, 0.25) is 0 Å². The van der Waals surface area contributed by atoms with Crippen molar-refractivity contribution in [1.29, 1.82) is 0 Å². The van der Waals surface area contributed by atoms with Gasteiger partial charge in [0.25, 0.3) is 0 Å². The van der Waals surface area contributed by atoms with E-state index in [0.29, 0.717) is 17.8 Å². The molecule has 5 nitrogen and oxygen atoms in total. The molecule has 0 unspecified atom stereocenters. The van der Waals surface area contributed by atoms with Crippen LogP contribution in [0.2, 0.25) is 0 Å². The molecular weight excluding hydrogens is 230 g/mol. The summed E-state index contributed by atoms with van der Waals surface area (Å²) in [6, 6.07) is 6.96. The predicted octanol–water partition coefficient (Wildman–Crippen LogP) is 1.75. The summed E-state index contributed by atoms with van der Waals surface area (Å²) < 4.78 is 1.92. The molecule has 1 heterocycles.